The number of primary sulfonamides is 1. The summed E-state index contributed by atoms with van der Waals surface area (Å²) in [6.07, 6.45) is 14.3. The molecule has 8 heteroatoms. The minimum absolute atomic E-state index is 0.0356. The summed E-state index contributed by atoms with van der Waals surface area (Å²) < 4.78 is 28.4. The number of carbonyl (C=O) groups is 1. The maximum atomic E-state index is 11.6. The van der Waals surface area contributed by atoms with E-state index in [-0.39, 0.29) is 16.2 Å². The van der Waals surface area contributed by atoms with Crippen molar-refractivity contribution in [3.05, 3.63) is 60.9 Å². The lowest BCUT2D eigenvalue weighted by atomic mass is 10.2. The molecule has 0 aliphatic rings. The van der Waals surface area contributed by atoms with Gasteiger partial charge in [0.15, 0.2) is 0 Å². The summed E-state index contributed by atoms with van der Waals surface area (Å²) in [6, 6.07) is 3.97. The van der Waals surface area contributed by atoms with Crippen molar-refractivity contribution < 1.29 is 17.9 Å². The predicted octanol–water partition coefficient (Wildman–Crippen LogP) is 5.95. The van der Waals surface area contributed by atoms with Gasteiger partial charge in [-0.05, 0) is 50.2 Å². The van der Waals surface area contributed by atoms with E-state index in [1.165, 1.54) is 70.6 Å². The zero-order chi connectivity index (χ0) is 27.5. The van der Waals surface area contributed by atoms with Crippen LogP contribution < -0.4 is 20.5 Å². The average Bonchev–Trinajstić information content (AvgIpc) is 2.85. The molecule has 0 aliphatic heterocycles. The summed E-state index contributed by atoms with van der Waals surface area (Å²) in [5.74, 6) is -0.385. The molecule has 7 nitrogen and oxygen atoms in total. The smallest absolute Gasteiger partial charge is 0.251 e. The van der Waals surface area contributed by atoms with Crippen LogP contribution in [0.4, 0.5) is 0 Å². The predicted molar refractivity (Wildman–Crippen MR) is 150 cm³/mol. The number of hydrogen-bond donors (Lipinski definition) is 3. The highest BCUT2D eigenvalue weighted by atomic mass is 32.2. The molecule has 0 spiro atoms. The van der Waals surface area contributed by atoms with Crippen molar-refractivity contribution in [1.29, 1.82) is 0 Å². The van der Waals surface area contributed by atoms with E-state index in [1.54, 1.807) is 24.3 Å². The number of amides is 1. The van der Waals surface area contributed by atoms with Gasteiger partial charge in [-0.25, -0.2) is 13.6 Å². The standard InChI is InChI=1S/C14H16N2O4S.C8H19N.C3H8.C2H6/c1-3-4-5-6-9-20-12-8-7-11(14(17)16-2)10-13(12)21(15,18)19;1-3-5-7-9-8-6-4-2;1-3-2;1-2/h3-10H,1H2,2H3,(H,16,17)(H2,15,18,19);9H,3-8H2,1-2H3;3H2,1-2H3;1-2H3/b5-4-,9-6+;;;. The Balaban J connectivity index is -0.000000608. The number of ether oxygens (including phenoxy) is 1. The molecule has 1 rings (SSSR count). The summed E-state index contributed by atoms with van der Waals surface area (Å²) in [5, 5.41) is 10.9. The van der Waals surface area contributed by atoms with Crippen LogP contribution in [0.25, 0.3) is 0 Å². The third-order valence-corrected chi connectivity index (χ3v) is 4.72. The Morgan fingerprint density at radius 2 is 1.57 bits per heavy atom. The number of rotatable bonds is 12. The van der Waals surface area contributed by atoms with Crippen molar-refractivity contribution in [2.45, 2.75) is 78.5 Å². The van der Waals surface area contributed by atoms with Crippen molar-refractivity contribution in [3.63, 3.8) is 0 Å². The van der Waals surface area contributed by atoms with Crippen molar-refractivity contribution in [3.8, 4) is 5.75 Å². The van der Waals surface area contributed by atoms with E-state index in [2.05, 4.69) is 44.9 Å². The first-order chi connectivity index (χ1) is 16.7. The van der Waals surface area contributed by atoms with Gasteiger partial charge in [0.25, 0.3) is 5.91 Å². The van der Waals surface area contributed by atoms with Crippen molar-refractivity contribution in [1.82, 2.24) is 10.6 Å². The van der Waals surface area contributed by atoms with E-state index in [9.17, 15) is 13.2 Å². The molecule has 1 amide bonds. The molecule has 0 saturated heterocycles. The van der Waals surface area contributed by atoms with Crippen LogP contribution in [-0.4, -0.2) is 34.5 Å². The summed E-state index contributed by atoms with van der Waals surface area (Å²) in [4.78, 5) is 11.3. The molecule has 0 radical (unpaired) electrons. The molecule has 0 fully saturated rings. The van der Waals surface area contributed by atoms with E-state index in [4.69, 9.17) is 9.88 Å². The maximum Gasteiger partial charge on any atom is 0.251 e. The first-order valence-electron chi connectivity index (χ1n) is 12.4. The van der Waals surface area contributed by atoms with Gasteiger partial charge in [-0.1, -0.05) is 85.6 Å². The van der Waals surface area contributed by atoms with Crippen LogP contribution in [0.3, 0.4) is 0 Å². The van der Waals surface area contributed by atoms with E-state index < -0.39 is 15.9 Å². The SMILES string of the molecule is C=C/C=C\C=C\Oc1ccc(C(=O)NC)cc1S(N)(=O)=O.CC.CCC.CCCCNCCCC. The first kappa shape index (κ1) is 37.1. The number of nitrogens with two attached hydrogens (primary N) is 1. The van der Waals surface area contributed by atoms with Crippen LogP contribution in [0, 0.1) is 0 Å². The Kier molecular flexibility index (Phi) is 27.8. The first-order valence-corrected chi connectivity index (χ1v) is 14.0. The highest BCUT2D eigenvalue weighted by molar-refractivity contribution is 7.89. The summed E-state index contributed by atoms with van der Waals surface area (Å²) >= 11 is 0. The third-order valence-electron chi connectivity index (χ3n) is 3.79. The Morgan fingerprint density at radius 1 is 1.03 bits per heavy atom. The van der Waals surface area contributed by atoms with Crippen LogP contribution in [0.2, 0.25) is 0 Å². The fourth-order valence-electron chi connectivity index (χ4n) is 2.14. The van der Waals surface area contributed by atoms with E-state index in [0.29, 0.717) is 0 Å². The molecular weight excluding hydrogens is 462 g/mol. The van der Waals surface area contributed by atoms with Crippen molar-refractivity contribution in [2.24, 2.45) is 5.14 Å². The fourth-order valence-corrected chi connectivity index (χ4v) is 2.83. The lowest BCUT2D eigenvalue weighted by Gasteiger charge is -2.08. The van der Waals surface area contributed by atoms with E-state index in [1.807, 2.05) is 13.8 Å². The van der Waals surface area contributed by atoms with Gasteiger partial charge < -0.3 is 15.4 Å². The second kappa shape index (κ2) is 26.2. The number of nitrogens with one attached hydrogen (secondary N) is 2. The zero-order valence-corrected chi connectivity index (χ0v) is 23.7. The van der Waals surface area contributed by atoms with Gasteiger partial charge in [0, 0.05) is 12.6 Å². The molecule has 0 aromatic heterocycles. The minimum atomic E-state index is -4.02. The molecule has 202 valence electrons. The summed E-state index contributed by atoms with van der Waals surface area (Å²) in [6.45, 7) is 18.6. The zero-order valence-electron chi connectivity index (χ0n) is 22.9. The molecule has 0 unspecified atom stereocenters. The average molecular weight is 512 g/mol. The normalized spacial score (nSPS) is 10.3. The van der Waals surface area contributed by atoms with Gasteiger partial charge >= 0.3 is 0 Å². The number of unbranched alkanes of at least 4 members (excludes halogenated alkanes) is 2. The quantitative estimate of drug-likeness (QED) is 0.182. The van der Waals surface area contributed by atoms with E-state index >= 15 is 0 Å². The summed E-state index contributed by atoms with van der Waals surface area (Å²) in [7, 11) is -2.58. The van der Waals surface area contributed by atoms with Crippen LogP contribution >= 0.6 is 0 Å². The van der Waals surface area contributed by atoms with Crippen LogP contribution in [0.5, 0.6) is 5.75 Å². The van der Waals surface area contributed by atoms with Crippen molar-refractivity contribution >= 4 is 15.9 Å². The van der Waals surface area contributed by atoms with Gasteiger partial charge in [-0.3, -0.25) is 4.79 Å². The topological polar surface area (TPSA) is 111 Å². The second-order valence-electron chi connectivity index (χ2n) is 7.02. The monoisotopic (exact) mass is 511 g/mol. The number of carbonyl (C=O) groups excluding carboxylic acids is 1. The highest BCUT2D eigenvalue weighted by Crippen LogP contribution is 2.24. The van der Waals surface area contributed by atoms with Gasteiger partial charge in [0.1, 0.15) is 10.6 Å². The Labute approximate surface area is 215 Å². The largest absolute Gasteiger partial charge is 0.464 e. The molecule has 35 heavy (non-hydrogen) atoms. The molecule has 0 aliphatic carbocycles. The van der Waals surface area contributed by atoms with Crippen LogP contribution in [0.15, 0.2) is 60.2 Å². The van der Waals surface area contributed by atoms with Gasteiger partial charge in [0.05, 0.1) is 6.26 Å². The van der Waals surface area contributed by atoms with Crippen LogP contribution in [-0.2, 0) is 10.0 Å². The molecule has 4 N–H and O–H groups in total. The molecular formula is C27H49N3O4S. The van der Waals surface area contributed by atoms with Gasteiger partial charge in [0.2, 0.25) is 10.0 Å². The number of sulfonamides is 1. The van der Waals surface area contributed by atoms with Gasteiger partial charge in [-0.2, -0.15) is 0 Å². The van der Waals surface area contributed by atoms with Gasteiger partial charge in [-0.15, -0.1) is 0 Å². The molecule has 1 aromatic rings. The van der Waals surface area contributed by atoms with Crippen LogP contribution in [0.1, 0.15) is 84.0 Å². The van der Waals surface area contributed by atoms with Crippen molar-refractivity contribution in [2.75, 3.05) is 20.1 Å². The number of hydrogen-bond acceptors (Lipinski definition) is 5. The molecule has 0 bridgehead atoms. The number of allylic oxidation sites excluding steroid dienone is 4. The lowest BCUT2D eigenvalue weighted by molar-refractivity contribution is 0.0963. The molecule has 1 aromatic carbocycles. The van der Waals surface area contributed by atoms with E-state index in [0.717, 1.165) is 6.07 Å². The fraction of sp³-hybridized carbons (Fsp3) is 0.519. The summed E-state index contributed by atoms with van der Waals surface area (Å²) in [5.41, 5.74) is 0.171. The molecule has 0 heterocycles. The highest BCUT2D eigenvalue weighted by Gasteiger charge is 2.17. The Bertz CT molecular complexity index is 814. The Hall–Kier alpha value is -2.42. The number of benzene rings is 1. The minimum Gasteiger partial charge on any atom is -0.464 e. The molecule has 0 saturated carbocycles. The molecule has 0 atom stereocenters. The Morgan fingerprint density at radius 3 is 2.00 bits per heavy atom. The third kappa shape index (κ3) is 21.8. The lowest BCUT2D eigenvalue weighted by Crippen LogP contribution is -2.19. The maximum absolute atomic E-state index is 11.6. The second-order valence-corrected chi connectivity index (χ2v) is 8.55.